The molecule has 0 fully saturated rings. The predicted octanol–water partition coefficient (Wildman–Crippen LogP) is 4.71. The molecule has 2 aromatic carbocycles. The molecule has 3 nitrogen and oxygen atoms in total. The Bertz CT molecular complexity index is 703. The average molecular weight is 357 g/mol. The highest BCUT2D eigenvalue weighted by atomic mass is 79.9. The summed E-state index contributed by atoms with van der Waals surface area (Å²) in [5, 5.41) is 8.96. The van der Waals surface area contributed by atoms with E-state index in [0.29, 0.717) is 15.9 Å². The van der Waals surface area contributed by atoms with Crippen molar-refractivity contribution in [2.75, 3.05) is 5.73 Å². The van der Waals surface area contributed by atoms with Gasteiger partial charge in [0, 0.05) is 16.2 Å². The van der Waals surface area contributed by atoms with Gasteiger partial charge in [-0.2, -0.15) is 18.4 Å². The van der Waals surface area contributed by atoms with Crippen molar-refractivity contribution in [3.05, 3.63) is 52.0 Å². The zero-order valence-corrected chi connectivity index (χ0v) is 12.0. The van der Waals surface area contributed by atoms with Crippen molar-refractivity contribution in [3.63, 3.8) is 0 Å². The minimum Gasteiger partial charge on any atom is -0.456 e. The first kappa shape index (κ1) is 15.2. The Hall–Kier alpha value is -2.20. The van der Waals surface area contributed by atoms with Gasteiger partial charge in [-0.3, -0.25) is 0 Å². The fourth-order valence-electron chi connectivity index (χ4n) is 1.65. The van der Waals surface area contributed by atoms with E-state index in [1.54, 1.807) is 18.2 Å². The van der Waals surface area contributed by atoms with Crippen LogP contribution < -0.4 is 10.5 Å². The van der Waals surface area contributed by atoms with Gasteiger partial charge in [-0.25, -0.2) is 0 Å². The van der Waals surface area contributed by atoms with E-state index >= 15 is 0 Å². The summed E-state index contributed by atoms with van der Waals surface area (Å²) in [4.78, 5) is 0. The predicted molar refractivity (Wildman–Crippen MR) is 74.8 cm³/mol. The van der Waals surface area contributed by atoms with Crippen LogP contribution in [0, 0.1) is 11.3 Å². The maximum absolute atomic E-state index is 12.6. The number of rotatable bonds is 2. The summed E-state index contributed by atoms with van der Waals surface area (Å²) in [6.07, 6.45) is -4.51. The number of nitrogens with two attached hydrogens (primary N) is 1. The van der Waals surface area contributed by atoms with E-state index in [1.807, 2.05) is 0 Å². The standard InChI is InChI=1S/C14H8BrF3N2O/c15-10-4-11(20)6-12(5-10)21-13-2-1-9(14(16,17)18)3-8(13)7-19/h1-6H,20H2. The molecule has 2 rings (SSSR count). The van der Waals surface area contributed by atoms with Crippen molar-refractivity contribution in [1.29, 1.82) is 5.26 Å². The highest BCUT2D eigenvalue weighted by Crippen LogP contribution is 2.34. The highest BCUT2D eigenvalue weighted by molar-refractivity contribution is 9.10. The van der Waals surface area contributed by atoms with Gasteiger partial charge in [0.15, 0.2) is 0 Å². The van der Waals surface area contributed by atoms with Crippen LogP contribution >= 0.6 is 15.9 Å². The average Bonchev–Trinajstić information content (AvgIpc) is 2.36. The fraction of sp³-hybridized carbons (Fsp3) is 0.0714. The van der Waals surface area contributed by atoms with Crippen LogP contribution in [0.3, 0.4) is 0 Å². The minimum absolute atomic E-state index is 0.0306. The number of alkyl halides is 3. The van der Waals surface area contributed by atoms with Gasteiger partial charge in [0.25, 0.3) is 0 Å². The van der Waals surface area contributed by atoms with Crippen LogP contribution in [0.4, 0.5) is 18.9 Å². The molecule has 0 aliphatic rings. The third kappa shape index (κ3) is 3.67. The molecule has 0 saturated carbocycles. The molecule has 7 heteroatoms. The Morgan fingerprint density at radius 1 is 1.14 bits per heavy atom. The van der Waals surface area contributed by atoms with E-state index in [9.17, 15) is 13.2 Å². The SMILES string of the molecule is N#Cc1cc(C(F)(F)F)ccc1Oc1cc(N)cc(Br)c1. The van der Waals surface area contributed by atoms with Gasteiger partial charge in [-0.15, -0.1) is 0 Å². The maximum atomic E-state index is 12.6. The van der Waals surface area contributed by atoms with Crippen LogP contribution in [-0.4, -0.2) is 0 Å². The number of hydrogen-bond donors (Lipinski definition) is 1. The molecule has 21 heavy (non-hydrogen) atoms. The summed E-state index contributed by atoms with van der Waals surface area (Å²) in [5.41, 5.74) is 4.95. The molecule has 0 amide bonds. The van der Waals surface area contributed by atoms with E-state index in [4.69, 9.17) is 15.7 Å². The normalized spacial score (nSPS) is 11.0. The fourth-order valence-corrected chi connectivity index (χ4v) is 2.14. The third-order valence-corrected chi connectivity index (χ3v) is 3.01. The van der Waals surface area contributed by atoms with E-state index in [-0.39, 0.29) is 11.3 Å². The Morgan fingerprint density at radius 3 is 2.43 bits per heavy atom. The van der Waals surface area contributed by atoms with Crippen LogP contribution in [0.5, 0.6) is 11.5 Å². The van der Waals surface area contributed by atoms with Gasteiger partial charge in [-0.05, 0) is 30.3 Å². The summed E-state index contributed by atoms with van der Waals surface area (Å²) in [6, 6.07) is 9.14. The monoisotopic (exact) mass is 356 g/mol. The second-order valence-corrected chi connectivity index (χ2v) is 5.06. The summed E-state index contributed by atoms with van der Waals surface area (Å²) in [6.45, 7) is 0. The van der Waals surface area contributed by atoms with E-state index in [2.05, 4.69) is 15.9 Å². The number of hydrogen-bond acceptors (Lipinski definition) is 3. The lowest BCUT2D eigenvalue weighted by Crippen LogP contribution is -2.05. The molecule has 0 spiro atoms. The summed E-state index contributed by atoms with van der Waals surface area (Å²) >= 11 is 3.23. The molecule has 0 radical (unpaired) electrons. The first-order chi connectivity index (χ1) is 9.79. The van der Waals surface area contributed by atoms with Crippen LogP contribution in [0.25, 0.3) is 0 Å². The second kappa shape index (κ2) is 5.66. The molecule has 108 valence electrons. The Kier molecular flexibility index (Phi) is 4.09. The molecule has 0 aliphatic carbocycles. The number of nitrogens with zero attached hydrogens (tertiary/aromatic N) is 1. The van der Waals surface area contributed by atoms with Crippen molar-refractivity contribution in [1.82, 2.24) is 0 Å². The quantitative estimate of drug-likeness (QED) is 0.792. The molecular weight excluding hydrogens is 349 g/mol. The Labute approximate surface area is 126 Å². The van der Waals surface area contributed by atoms with Crippen molar-refractivity contribution in [3.8, 4) is 17.6 Å². The zero-order valence-electron chi connectivity index (χ0n) is 10.4. The first-order valence-electron chi connectivity index (χ1n) is 5.65. The van der Waals surface area contributed by atoms with Crippen LogP contribution in [0.1, 0.15) is 11.1 Å². The Balaban J connectivity index is 2.39. The number of benzene rings is 2. The van der Waals surface area contributed by atoms with Gasteiger partial charge < -0.3 is 10.5 Å². The molecule has 0 aliphatic heterocycles. The van der Waals surface area contributed by atoms with E-state index in [1.165, 1.54) is 6.07 Å². The van der Waals surface area contributed by atoms with Crippen molar-refractivity contribution >= 4 is 21.6 Å². The molecule has 2 aromatic rings. The highest BCUT2D eigenvalue weighted by Gasteiger charge is 2.31. The topological polar surface area (TPSA) is 59.0 Å². The molecule has 0 atom stereocenters. The molecule has 0 saturated heterocycles. The van der Waals surface area contributed by atoms with Crippen LogP contribution in [0.15, 0.2) is 40.9 Å². The van der Waals surface area contributed by atoms with E-state index in [0.717, 1.165) is 18.2 Å². The molecular formula is C14H8BrF3N2O. The van der Waals surface area contributed by atoms with Crippen molar-refractivity contribution in [2.24, 2.45) is 0 Å². The van der Waals surface area contributed by atoms with Gasteiger partial charge in [0.05, 0.1) is 11.1 Å². The molecule has 0 aromatic heterocycles. The smallest absolute Gasteiger partial charge is 0.416 e. The van der Waals surface area contributed by atoms with Gasteiger partial charge in [-0.1, -0.05) is 15.9 Å². The number of halogens is 4. The summed E-state index contributed by atoms with van der Waals surface area (Å²) in [5.74, 6) is 0.348. The van der Waals surface area contributed by atoms with Gasteiger partial charge in [0.1, 0.15) is 17.6 Å². The maximum Gasteiger partial charge on any atom is 0.416 e. The lowest BCUT2D eigenvalue weighted by atomic mass is 10.1. The lowest BCUT2D eigenvalue weighted by Gasteiger charge is -2.11. The van der Waals surface area contributed by atoms with Crippen molar-refractivity contribution in [2.45, 2.75) is 6.18 Å². The van der Waals surface area contributed by atoms with Crippen LogP contribution in [-0.2, 0) is 6.18 Å². The van der Waals surface area contributed by atoms with E-state index < -0.39 is 11.7 Å². The number of ether oxygens (including phenoxy) is 1. The van der Waals surface area contributed by atoms with Crippen molar-refractivity contribution < 1.29 is 17.9 Å². The molecule has 0 heterocycles. The largest absolute Gasteiger partial charge is 0.456 e. The zero-order chi connectivity index (χ0) is 15.6. The molecule has 2 N–H and O–H groups in total. The first-order valence-corrected chi connectivity index (χ1v) is 6.44. The second-order valence-electron chi connectivity index (χ2n) is 4.14. The third-order valence-electron chi connectivity index (χ3n) is 2.55. The minimum atomic E-state index is -4.51. The van der Waals surface area contributed by atoms with Crippen LogP contribution in [0.2, 0.25) is 0 Å². The number of nitriles is 1. The number of nitrogen functional groups attached to an aromatic ring is 1. The summed E-state index contributed by atoms with van der Waals surface area (Å²) in [7, 11) is 0. The Morgan fingerprint density at radius 2 is 1.86 bits per heavy atom. The molecule has 0 bridgehead atoms. The van der Waals surface area contributed by atoms with Gasteiger partial charge in [0.2, 0.25) is 0 Å². The number of anilines is 1. The molecule has 0 unspecified atom stereocenters. The summed E-state index contributed by atoms with van der Waals surface area (Å²) < 4.78 is 43.9. The lowest BCUT2D eigenvalue weighted by molar-refractivity contribution is -0.137. The van der Waals surface area contributed by atoms with Gasteiger partial charge >= 0.3 is 6.18 Å².